The number of halogens is 1. The van der Waals surface area contributed by atoms with Gasteiger partial charge in [0, 0.05) is 6.07 Å². The van der Waals surface area contributed by atoms with Crippen LogP contribution in [0.1, 0.15) is 5.56 Å². The van der Waals surface area contributed by atoms with Gasteiger partial charge in [0.1, 0.15) is 25.1 Å². The summed E-state index contributed by atoms with van der Waals surface area (Å²) in [5.41, 5.74) is -0.0445. The Balaban J connectivity index is 3.03. The average Bonchev–Trinajstić information content (AvgIpc) is 2.25. The Kier molecular flexibility index (Phi) is 3.57. The summed E-state index contributed by atoms with van der Waals surface area (Å²) in [6.07, 6.45) is 0. The Morgan fingerprint density at radius 2 is 2.33 bits per heavy atom. The van der Waals surface area contributed by atoms with Crippen LogP contribution in [0.2, 0.25) is 0 Å². The predicted molar refractivity (Wildman–Crippen MR) is 49.3 cm³/mol. The van der Waals surface area contributed by atoms with E-state index in [1.165, 1.54) is 12.1 Å². The van der Waals surface area contributed by atoms with Crippen molar-refractivity contribution in [1.82, 2.24) is 0 Å². The lowest BCUT2D eigenvalue weighted by atomic mass is 10.2. The molecule has 0 amide bonds. The van der Waals surface area contributed by atoms with Crippen molar-refractivity contribution in [2.24, 2.45) is 0 Å². The molecule has 0 aliphatic carbocycles. The van der Waals surface area contributed by atoms with E-state index in [-0.39, 0.29) is 23.6 Å². The fourth-order valence-electron chi connectivity index (χ4n) is 0.985. The smallest absolute Gasteiger partial charge is 0.273 e. The summed E-state index contributed by atoms with van der Waals surface area (Å²) >= 11 is 0. The fourth-order valence-corrected chi connectivity index (χ4v) is 0.985. The molecule has 15 heavy (non-hydrogen) atoms. The second kappa shape index (κ2) is 4.91. The van der Waals surface area contributed by atoms with Crippen LogP contribution >= 0.6 is 0 Å². The van der Waals surface area contributed by atoms with Crippen LogP contribution < -0.4 is 4.74 Å². The molecular weight excluding hydrogens is 203 g/mol. The Hall–Kier alpha value is -2.16. The SMILES string of the molecule is N#Cc1ccc([N+](=O)[O-])cc1OCCF. The highest BCUT2D eigenvalue weighted by atomic mass is 19.1. The van der Waals surface area contributed by atoms with Crippen molar-refractivity contribution in [3.8, 4) is 11.8 Å². The molecule has 0 spiro atoms. The summed E-state index contributed by atoms with van der Waals surface area (Å²) in [5.74, 6) is 0.0318. The number of alkyl halides is 1. The molecule has 78 valence electrons. The van der Waals surface area contributed by atoms with Gasteiger partial charge < -0.3 is 4.74 Å². The maximum Gasteiger partial charge on any atom is 0.273 e. The van der Waals surface area contributed by atoms with E-state index < -0.39 is 11.6 Å². The molecule has 0 heterocycles. The molecule has 1 rings (SSSR count). The summed E-state index contributed by atoms with van der Waals surface area (Å²) in [7, 11) is 0. The van der Waals surface area contributed by atoms with Crippen LogP contribution in [-0.2, 0) is 0 Å². The average molecular weight is 210 g/mol. The molecule has 0 saturated carbocycles. The number of rotatable bonds is 4. The first-order valence-electron chi connectivity index (χ1n) is 4.06. The number of nitro benzene ring substituents is 1. The number of non-ortho nitro benzene ring substituents is 1. The molecule has 6 heteroatoms. The van der Waals surface area contributed by atoms with Crippen molar-refractivity contribution in [1.29, 1.82) is 5.26 Å². The number of nitro groups is 1. The summed E-state index contributed by atoms with van der Waals surface area (Å²) in [5, 5.41) is 19.1. The van der Waals surface area contributed by atoms with E-state index in [0.717, 1.165) is 6.07 Å². The molecular formula is C9H7FN2O3. The van der Waals surface area contributed by atoms with Crippen LogP contribution in [0.4, 0.5) is 10.1 Å². The minimum absolute atomic E-state index is 0.0318. The number of ether oxygens (including phenoxy) is 1. The summed E-state index contributed by atoms with van der Waals surface area (Å²) in [6.45, 7) is -0.941. The maximum absolute atomic E-state index is 11.8. The highest BCUT2D eigenvalue weighted by Gasteiger charge is 2.11. The van der Waals surface area contributed by atoms with Crippen LogP contribution in [0.25, 0.3) is 0 Å². The molecule has 0 saturated heterocycles. The van der Waals surface area contributed by atoms with Gasteiger partial charge in [-0.05, 0) is 6.07 Å². The van der Waals surface area contributed by atoms with E-state index in [4.69, 9.17) is 10.00 Å². The van der Waals surface area contributed by atoms with Crippen LogP contribution in [0.3, 0.4) is 0 Å². The third-order valence-corrected chi connectivity index (χ3v) is 1.63. The first kappa shape index (κ1) is 10.9. The highest BCUT2D eigenvalue weighted by molar-refractivity contribution is 5.49. The number of benzene rings is 1. The highest BCUT2D eigenvalue weighted by Crippen LogP contribution is 2.23. The zero-order valence-electron chi connectivity index (χ0n) is 7.64. The van der Waals surface area contributed by atoms with Crippen LogP contribution in [0.5, 0.6) is 5.75 Å². The van der Waals surface area contributed by atoms with Crippen LogP contribution in [0, 0.1) is 21.4 Å². The van der Waals surface area contributed by atoms with Gasteiger partial charge in [-0.15, -0.1) is 0 Å². The van der Waals surface area contributed by atoms with Gasteiger partial charge >= 0.3 is 0 Å². The molecule has 0 bridgehead atoms. The van der Waals surface area contributed by atoms with Gasteiger partial charge in [0.25, 0.3) is 5.69 Å². The third kappa shape index (κ3) is 2.64. The van der Waals surface area contributed by atoms with E-state index in [2.05, 4.69) is 0 Å². The maximum atomic E-state index is 11.8. The topological polar surface area (TPSA) is 76.2 Å². The lowest BCUT2D eigenvalue weighted by Crippen LogP contribution is -2.01. The van der Waals surface area contributed by atoms with Crippen LogP contribution in [0.15, 0.2) is 18.2 Å². The van der Waals surface area contributed by atoms with Crippen molar-refractivity contribution in [3.05, 3.63) is 33.9 Å². The van der Waals surface area contributed by atoms with Gasteiger partial charge in [0.2, 0.25) is 0 Å². The Morgan fingerprint density at radius 3 is 2.87 bits per heavy atom. The van der Waals surface area contributed by atoms with Crippen molar-refractivity contribution < 1.29 is 14.1 Å². The lowest BCUT2D eigenvalue weighted by molar-refractivity contribution is -0.384. The molecule has 1 aromatic carbocycles. The summed E-state index contributed by atoms with van der Waals surface area (Å²) < 4.78 is 16.7. The van der Waals surface area contributed by atoms with Crippen molar-refractivity contribution in [3.63, 3.8) is 0 Å². The second-order valence-electron chi connectivity index (χ2n) is 2.59. The zero-order valence-corrected chi connectivity index (χ0v) is 7.64. The fraction of sp³-hybridized carbons (Fsp3) is 0.222. The monoisotopic (exact) mass is 210 g/mol. The molecule has 0 aliphatic rings. The molecule has 0 atom stereocenters. The molecule has 1 aromatic rings. The van der Waals surface area contributed by atoms with Crippen molar-refractivity contribution in [2.45, 2.75) is 0 Å². The largest absolute Gasteiger partial charge is 0.489 e. The second-order valence-corrected chi connectivity index (χ2v) is 2.59. The Bertz CT molecular complexity index is 414. The van der Waals surface area contributed by atoms with Gasteiger partial charge in [0.05, 0.1) is 16.6 Å². The number of hydrogen-bond acceptors (Lipinski definition) is 4. The first-order valence-corrected chi connectivity index (χ1v) is 4.06. The Labute approximate surface area is 84.9 Å². The number of hydrogen-bond donors (Lipinski definition) is 0. The lowest BCUT2D eigenvalue weighted by Gasteiger charge is -2.04. The van der Waals surface area contributed by atoms with Gasteiger partial charge in [-0.3, -0.25) is 10.1 Å². The predicted octanol–water partition coefficient (Wildman–Crippen LogP) is 1.81. The number of nitrogens with zero attached hydrogens (tertiary/aromatic N) is 2. The molecule has 0 fully saturated rings. The third-order valence-electron chi connectivity index (χ3n) is 1.63. The van der Waals surface area contributed by atoms with Crippen molar-refractivity contribution in [2.75, 3.05) is 13.3 Å². The molecule has 0 aliphatic heterocycles. The molecule has 0 radical (unpaired) electrons. The van der Waals surface area contributed by atoms with Crippen LogP contribution in [-0.4, -0.2) is 18.2 Å². The van der Waals surface area contributed by atoms with E-state index >= 15 is 0 Å². The van der Waals surface area contributed by atoms with Gasteiger partial charge in [-0.2, -0.15) is 5.26 Å². The molecule has 0 N–H and O–H groups in total. The van der Waals surface area contributed by atoms with E-state index in [9.17, 15) is 14.5 Å². The zero-order chi connectivity index (χ0) is 11.3. The van der Waals surface area contributed by atoms with E-state index in [1.54, 1.807) is 6.07 Å². The van der Waals surface area contributed by atoms with Gasteiger partial charge in [-0.25, -0.2) is 4.39 Å². The molecule has 5 nitrogen and oxygen atoms in total. The Morgan fingerprint density at radius 1 is 1.60 bits per heavy atom. The standard InChI is InChI=1S/C9H7FN2O3/c10-3-4-15-9-5-8(12(13)14)2-1-7(9)6-11/h1-2,5H,3-4H2. The summed E-state index contributed by atoms with van der Waals surface area (Å²) in [4.78, 5) is 9.81. The molecule has 0 unspecified atom stereocenters. The minimum Gasteiger partial charge on any atom is -0.489 e. The minimum atomic E-state index is -0.715. The number of nitriles is 1. The van der Waals surface area contributed by atoms with Gasteiger partial charge in [0.15, 0.2) is 0 Å². The molecule has 0 aromatic heterocycles. The van der Waals surface area contributed by atoms with Gasteiger partial charge in [-0.1, -0.05) is 0 Å². The first-order chi connectivity index (χ1) is 7.19. The van der Waals surface area contributed by atoms with Crippen molar-refractivity contribution >= 4 is 5.69 Å². The normalized spacial score (nSPS) is 9.33. The van der Waals surface area contributed by atoms with E-state index in [0.29, 0.717) is 0 Å². The summed E-state index contributed by atoms with van der Waals surface area (Å²) in [6, 6.07) is 5.37. The quantitative estimate of drug-likeness (QED) is 0.561. The van der Waals surface area contributed by atoms with E-state index in [1.807, 2.05) is 0 Å².